The van der Waals surface area contributed by atoms with Gasteiger partial charge in [0.05, 0.1) is 20.9 Å². The Bertz CT molecular complexity index is 1160. The van der Waals surface area contributed by atoms with Gasteiger partial charge in [-0.15, -0.1) is 11.3 Å². The number of rotatable bonds is 5. The third-order valence-electron chi connectivity index (χ3n) is 5.54. The monoisotopic (exact) mass is 464 g/mol. The summed E-state index contributed by atoms with van der Waals surface area (Å²) in [5.74, 6) is -0.615. The number of thiazole rings is 1. The zero-order valence-electron chi connectivity index (χ0n) is 16.5. The van der Waals surface area contributed by atoms with Gasteiger partial charge in [0.2, 0.25) is 0 Å². The Morgan fingerprint density at radius 3 is 2.63 bits per heavy atom. The molecule has 0 spiro atoms. The van der Waals surface area contributed by atoms with Crippen LogP contribution in [0.1, 0.15) is 29.7 Å². The van der Waals surface area contributed by atoms with Crippen molar-refractivity contribution in [3.05, 3.63) is 75.5 Å². The highest BCUT2D eigenvalue weighted by Crippen LogP contribution is 2.31. The molecule has 4 rings (SSSR count). The van der Waals surface area contributed by atoms with E-state index in [0.717, 1.165) is 23.3 Å². The summed E-state index contributed by atoms with van der Waals surface area (Å²) in [6.07, 6.45) is 1.80. The largest absolute Gasteiger partial charge is 0.348 e. The van der Waals surface area contributed by atoms with E-state index in [1.54, 1.807) is 11.3 Å². The van der Waals surface area contributed by atoms with E-state index >= 15 is 0 Å². The van der Waals surface area contributed by atoms with Gasteiger partial charge in [-0.05, 0) is 49.1 Å². The molecule has 2 aromatic carbocycles. The lowest BCUT2D eigenvalue weighted by Crippen LogP contribution is -2.39. The average Bonchev–Trinajstić information content (AvgIpc) is 3.20. The Kier molecular flexibility index (Phi) is 6.14. The Balaban J connectivity index is 1.42. The van der Waals surface area contributed by atoms with Crippen LogP contribution in [0.5, 0.6) is 0 Å². The van der Waals surface area contributed by atoms with E-state index in [-0.39, 0.29) is 9.92 Å². The average molecular weight is 465 g/mol. The van der Waals surface area contributed by atoms with Crippen molar-refractivity contribution in [1.82, 2.24) is 4.98 Å². The van der Waals surface area contributed by atoms with Crippen LogP contribution in [-0.2, 0) is 16.3 Å². The highest BCUT2D eigenvalue weighted by molar-refractivity contribution is 7.92. The number of aryl methyl sites for hydroxylation is 1. The molecular weight excluding hydrogens is 443 g/mol. The van der Waals surface area contributed by atoms with Crippen molar-refractivity contribution in [3.8, 4) is 0 Å². The van der Waals surface area contributed by atoms with Crippen LogP contribution in [-0.4, -0.2) is 31.7 Å². The van der Waals surface area contributed by atoms with E-state index in [4.69, 9.17) is 16.6 Å². The lowest BCUT2D eigenvalue weighted by Gasteiger charge is -2.31. The fraction of sp³-hybridized carbons (Fsp3) is 0.318. The first-order chi connectivity index (χ1) is 14.3. The van der Waals surface area contributed by atoms with Gasteiger partial charge in [0.1, 0.15) is 5.82 Å². The highest BCUT2D eigenvalue weighted by Gasteiger charge is 2.32. The summed E-state index contributed by atoms with van der Waals surface area (Å²) in [5.41, 5.74) is 3.54. The van der Waals surface area contributed by atoms with Gasteiger partial charge in [-0.25, -0.2) is 17.8 Å². The van der Waals surface area contributed by atoms with Crippen LogP contribution >= 0.6 is 22.9 Å². The molecule has 8 heteroatoms. The van der Waals surface area contributed by atoms with E-state index in [1.165, 1.54) is 23.3 Å². The van der Waals surface area contributed by atoms with Crippen molar-refractivity contribution in [1.29, 1.82) is 0 Å². The number of anilines is 1. The predicted molar refractivity (Wildman–Crippen MR) is 120 cm³/mol. The number of aromatic nitrogens is 1. The molecular formula is C22H22ClFN2O2S2. The SMILES string of the molecule is Cc1ccccc1Cc1csc(N2CCC(S(=O)(=O)c3ccc(F)c(Cl)c3)CC2)n1. The van der Waals surface area contributed by atoms with Gasteiger partial charge in [0.25, 0.3) is 0 Å². The van der Waals surface area contributed by atoms with E-state index in [2.05, 4.69) is 29.3 Å². The van der Waals surface area contributed by atoms with Crippen LogP contribution in [0, 0.1) is 12.7 Å². The fourth-order valence-electron chi connectivity index (χ4n) is 3.73. The second-order valence-electron chi connectivity index (χ2n) is 7.53. The van der Waals surface area contributed by atoms with Crippen molar-refractivity contribution in [2.24, 2.45) is 0 Å². The summed E-state index contributed by atoms with van der Waals surface area (Å²) < 4.78 is 39.2. The summed E-state index contributed by atoms with van der Waals surface area (Å²) in [7, 11) is -3.54. The number of hydrogen-bond acceptors (Lipinski definition) is 5. The summed E-state index contributed by atoms with van der Waals surface area (Å²) in [6.45, 7) is 3.34. The van der Waals surface area contributed by atoms with E-state index < -0.39 is 20.9 Å². The summed E-state index contributed by atoms with van der Waals surface area (Å²) in [4.78, 5) is 7.01. The molecule has 1 aliphatic heterocycles. The van der Waals surface area contributed by atoms with E-state index in [1.807, 2.05) is 12.1 Å². The molecule has 3 aromatic rings. The summed E-state index contributed by atoms with van der Waals surface area (Å²) >= 11 is 7.37. The van der Waals surface area contributed by atoms with Crippen LogP contribution in [0.3, 0.4) is 0 Å². The summed E-state index contributed by atoms with van der Waals surface area (Å²) in [5, 5.41) is 2.34. The van der Waals surface area contributed by atoms with Crippen molar-refractivity contribution in [3.63, 3.8) is 0 Å². The molecule has 0 unspecified atom stereocenters. The molecule has 0 N–H and O–H groups in total. The molecule has 158 valence electrons. The Hall–Kier alpha value is -1.96. The van der Waals surface area contributed by atoms with Crippen LogP contribution in [0.25, 0.3) is 0 Å². The van der Waals surface area contributed by atoms with Crippen molar-refractivity contribution < 1.29 is 12.8 Å². The quantitative estimate of drug-likeness (QED) is 0.482. The number of piperidine rings is 1. The highest BCUT2D eigenvalue weighted by atomic mass is 35.5. The van der Waals surface area contributed by atoms with Crippen LogP contribution in [0.15, 0.2) is 52.7 Å². The summed E-state index contributed by atoms with van der Waals surface area (Å²) in [6, 6.07) is 11.9. The second kappa shape index (κ2) is 8.65. The van der Waals surface area contributed by atoms with Crippen LogP contribution in [0.2, 0.25) is 5.02 Å². The smallest absolute Gasteiger partial charge is 0.185 e. The maximum Gasteiger partial charge on any atom is 0.185 e. The Labute approximate surface area is 185 Å². The minimum atomic E-state index is -3.54. The van der Waals surface area contributed by atoms with E-state index in [0.29, 0.717) is 25.9 Å². The van der Waals surface area contributed by atoms with Crippen LogP contribution in [0.4, 0.5) is 9.52 Å². The molecule has 4 nitrogen and oxygen atoms in total. The molecule has 1 fully saturated rings. The zero-order chi connectivity index (χ0) is 21.3. The molecule has 1 saturated heterocycles. The molecule has 30 heavy (non-hydrogen) atoms. The molecule has 0 aliphatic carbocycles. The fourth-order valence-corrected chi connectivity index (χ4v) is 6.61. The maximum atomic E-state index is 13.4. The van der Waals surface area contributed by atoms with Gasteiger partial charge in [-0.2, -0.15) is 0 Å². The molecule has 0 saturated carbocycles. The maximum absolute atomic E-state index is 13.4. The number of nitrogens with zero attached hydrogens (tertiary/aromatic N) is 2. The number of benzene rings is 2. The van der Waals surface area contributed by atoms with Crippen molar-refractivity contribution in [2.75, 3.05) is 18.0 Å². The minimum absolute atomic E-state index is 0.0853. The molecule has 0 bridgehead atoms. The predicted octanol–water partition coefficient (Wildman–Crippen LogP) is 5.28. The van der Waals surface area contributed by atoms with Gasteiger partial charge in [-0.1, -0.05) is 35.9 Å². The standard InChI is InChI=1S/C22H22ClFN2O2S2/c1-15-4-2-3-5-16(15)12-17-14-29-22(25-17)26-10-8-18(9-11-26)30(27,28)19-6-7-21(24)20(23)13-19/h2-7,13-14,18H,8-12H2,1H3. The normalized spacial score (nSPS) is 15.5. The van der Waals surface area contributed by atoms with Gasteiger partial charge < -0.3 is 4.90 Å². The molecule has 0 amide bonds. The lowest BCUT2D eigenvalue weighted by molar-refractivity contribution is 0.529. The van der Waals surface area contributed by atoms with Gasteiger partial charge in [0.15, 0.2) is 15.0 Å². The van der Waals surface area contributed by atoms with Gasteiger partial charge in [0, 0.05) is 24.9 Å². The topological polar surface area (TPSA) is 50.3 Å². The van der Waals surface area contributed by atoms with Crippen molar-refractivity contribution >= 4 is 37.9 Å². The first-order valence-electron chi connectivity index (χ1n) is 9.77. The molecule has 1 aromatic heterocycles. The zero-order valence-corrected chi connectivity index (χ0v) is 18.9. The minimum Gasteiger partial charge on any atom is -0.348 e. The van der Waals surface area contributed by atoms with Crippen molar-refractivity contribution in [2.45, 2.75) is 36.3 Å². The molecule has 0 radical (unpaired) electrons. The molecule has 0 atom stereocenters. The van der Waals surface area contributed by atoms with Gasteiger partial charge >= 0.3 is 0 Å². The Morgan fingerprint density at radius 2 is 1.93 bits per heavy atom. The van der Waals surface area contributed by atoms with Gasteiger partial charge in [-0.3, -0.25) is 0 Å². The Morgan fingerprint density at radius 1 is 1.20 bits per heavy atom. The first-order valence-corrected chi connectivity index (χ1v) is 12.6. The number of hydrogen-bond donors (Lipinski definition) is 0. The third-order valence-corrected chi connectivity index (χ3v) is 9.04. The van der Waals surface area contributed by atoms with E-state index in [9.17, 15) is 12.8 Å². The lowest BCUT2D eigenvalue weighted by atomic mass is 10.1. The third kappa shape index (κ3) is 4.38. The molecule has 1 aliphatic rings. The number of sulfone groups is 1. The first kappa shape index (κ1) is 21.3. The number of halogens is 2. The second-order valence-corrected chi connectivity index (χ2v) is 11.0. The van der Waals surface area contributed by atoms with Crippen LogP contribution < -0.4 is 4.90 Å². The molecule has 2 heterocycles.